The molecular formula is C14H21NO2S. The van der Waals surface area contributed by atoms with E-state index in [2.05, 4.69) is 19.9 Å². The molecule has 0 spiro atoms. The molecular weight excluding hydrogens is 246 g/mol. The third-order valence-corrected chi connectivity index (χ3v) is 4.49. The van der Waals surface area contributed by atoms with E-state index in [0.717, 1.165) is 29.8 Å². The summed E-state index contributed by atoms with van der Waals surface area (Å²) >= 11 is 1.53. The molecule has 2 heterocycles. The van der Waals surface area contributed by atoms with Crippen LogP contribution in [0, 0.1) is 5.92 Å². The van der Waals surface area contributed by atoms with Gasteiger partial charge in [-0.2, -0.15) is 0 Å². The van der Waals surface area contributed by atoms with Crippen molar-refractivity contribution in [2.45, 2.75) is 32.6 Å². The lowest BCUT2D eigenvalue weighted by molar-refractivity contribution is 0.0624. The van der Waals surface area contributed by atoms with Crippen molar-refractivity contribution in [2.24, 2.45) is 5.92 Å². The highest BCUT2D eigenvalue weighted by atomic mass is 32.1. The maximum absolute atomic E-state index is 12.5. The Bertz CT molecular complexity index is 414. The molecule has 0 saturated carbocycles. The average Bonchev–Trinajstić information content (AvgIpc) is 2.87. The molecule has 1 N–H and O–H groups in total. The van der Waals surface area contributed by atoms with Crippen LogP contribution in [0.3, 0.4) is 0 Å². The van der Waals surface area contributed by atoms with Crippen LogP contribution in [0.4, 0.5) is 0 Å². The lowest BCUT2D eigenvalue weighted by Gasteiger charge is -2.32. The Morgan fingerprint density at radius 3 is 3.06 bits per heavy atom. The molecule has 1 aliphatic rings. The van der Waals surface area contributed by atoms with Crippen LogP contribution in [0.5, 0.6) is 0 Å². The largest absolute Gasteiger partial charge is 0.396 e. The van der Waals surface area contributed by atoms with Gasteiger partial charge >= 0.3 is 0 Å². The number of aliphatic hydroxyl groups is 1. The van der Waals surface area contributed by atoms with Gasteiger partial charge in [0, 0.05) is 19.7 Å². The summed E-state index contributed by atoms with van der Waals surface area (Å²) in [4.78, 5) is 15.3. The Kier molecular flexibility index (Phi) is 4.40. The molecule has 1 aromatic heterocycles. The predicted octanol–water partition coefficient (Wildman–Crippen LogP) is 2.72. The third kappa shape index (κ3) is 2.75. The standard InChI is InChI=1S/C14H21NO2S/c1-10(2)12-5-7-18-13(12)14(17)15-6-3-4-11(8-15)9-16/h5,7,10-11,16H,3-4,6,8-9H2,1-2H3. The number of nitrogens with zero attached hydrogens (tertiary/aromatic N) is 1. The molecule has 2 rings (SSSR count). The Labute approximate surface area is 112 Å². The average molecular weight is 267 g/mol. The Morgan fingerprint density at radius 1 is 1.61 bits per heavy atom. The highest BCUT2D eigenvalue weighted by Crippen LogP contribution is 2.27. The van der Waals surface area contributed by atoms with E-state index in [0.29, 0.717) is 12.5 Å². The number of likely N-dealkylation sites (tertiary alicyclic amines) is 1. The summed E-state index contributed by atoms with van der Waals surface area (Å²) in [5, 5.41) is 11.2. The minimum Gasteiger partial charge on any atom is -0.396 e. The van der Waals surface area contributed by atoms with Gasteiger partial charge in [0.25, 0.3) is 5.91 Å². The molecule has 0 aliphatic carbocycles. The molecule has 1 aromatic rings. The smallest absolute Gasteiger partial charge is 0.264 e. The molecule has 100 valence electrons. The number of piperidine rings is 1. The van der Waals surface area contributed by atoms with Gasteiger partial charge in [0.15, 0.2) is 0 Å². The topological polar surface area (TPSA) is 40.5 Å². The zero-order valence-electron chi connectivity index (χ0n) is 11.1. The number of carbonyl (C=O) groups is 1. The molecule has 1 atom stereocenters. The fraction of sp³-hybridized carbons (Fsp3) is 0.643. The van der Waals surface area contributed by atoms with E-state index in [1.807, 2.05) is 10.3 Å². The van der Waals surface area contributed by atoms with Crippen molar-refractivity contribution in [1.29, 1.82) is 0 Å². The monoisotopic (exact) mass is 267 g/mol. The van der Waals surface area contributed by atoms with Gasteiger partial charge in [-0.1, -0.05) is 13.8 Å². The van der Waals surface area contributed by atoms with Crippen molar-refractivity contribution in [3.63, 3.8) is 0 Å². The van der Waals surface area contributed by atoms with Crippen LogP contribution in [-0.2, 0) is 0 Å². The maximum atomic E-state index is 12.5. The second-order valence-electron chi connectivity index (χ2n) is 5.30. The lowest BCUT2D eigenvalue weighted by Crippen LogP contribution is -2.40. The van der Waals surface area contributed by atoms with E-state index in [1.54, 1.807) is 0 Å². The van der Waals surface area contributed by atoms with E-state index in [4.69, 9.17) is 0 Å². The van der Waals surface area contributed by atoms with Gasteiger partial charge in [-0.15, -0.1) is 11.3 Å². The van der Waals surface area contributed by atoms with Crippen LogP contribution in [0.1, 0.15) is 47.8 Å². The molecule has 1 unspecified atom stereocenters. The van der Waals surface area contributed by atoms with E-state index >= 15 is 0 Å². The molecule has 1 saturated heterocycles. The fourth-order valence-electron chi connectivity index (χ4n) is 2.49. The lowest BCUT2D eigenvalue weighted by atomic mass is 9.98. The summed E-state index contributed by atoms with van der Waals surface area (Å²) in [5.74, 6) is 0.783. The van der Waals surface area contributed by atoms with Gasteiger partial charge in [-0.05, 0) is 41.7 Å². The van der Waals surface area contributed by atoms with Gasteiger partial charge in [-0.3, -0.25) is 4.79 Å². The first kappa shape index (κ1) is 13.6. The number of aliphatic hydroxyl groups excluding tert-OH is 1. The second kappa shape index (κ2) is 5.85. The second-order valence-corrected chi connectivity index (χ2v) is 6.22. The first-order valence-electron chi connectivity index (χ1n) is 6.61. The minimum absolute atomic E-state index is 0.145. The van der Waals surface area contributed by atoms with Gasteiger partial charge in [0.05, 0.1) is 4.88 Å². The first-order chi connectivity index (χ1) is 8.63. The van der Waals surface area contributed by atoms with Gasteiger partial charge in [0.1, 0.15) is 0 Å². The van der Waals surface area contributed by atoms with Gasteiger partial charge < -0.3 is 10.0 Å². The number of hydrogen-bond acceptors (Lipinski definition) is 3. The zero-order chi connectivity index (χ0) is 13.1. The molecule has 1 amide bonds. The Balaban J connectivity index is 2.13. The number of hydrogen-bond donors (Lipinski definition) is 1. The van der Waals surface area contributed by atoms with Gasteiger partial charge in [0.2, 0.25) is 0 Å². The summed E-state index contributed by atoms with van der Waals surface area (Å²) in [6.07, 6.45) is 2.03. The Hall–Kier alpha value is -0.870. The van der Waals surface area contributed by atoms with Crippen molar-refractivity contribution in [1.82, 2.24) is 4.90 Å². The van der Waals surface area contributed by atoms with Crippen molar-refractivity contribution in [2.75, 3.05) is 19.7 Å². The van der Waals surface area contributed by atoms with Gasteiger partial charge in [-0.25, -0.2) is 0 Å². The highest BCUT2D eigenvalue weighted by Gasteiger charge is 2.26. The van der Waals surface area contributed by atoms with Crippen molar-refractivity contribution >= 4 is 17.2 Å². The highest BCUT2D eigenvalue weighted by molar-refractivity contribution is 7.12. The molecule has 3 nitrogen and oxygen atoms in total. The minimum atomic E-state index is 0.145. The predicted molar refractivity (Wildman–Crippen MR) is 74.1 cm³/mol. The van der Waals surface area contributed by atoms with Crippen molar-refractivity contribution in [3.8, 4) is 0 Å². The van der Waals surface area contributed by atoms with Crippen LogP contribution >= 0.6 is 11.3 Å². The summed E-state index contributed by atoms with van der Waals surface area (Å²) < 4.78 is 0. The maximum Gasteiger partial charge on any atom is 0.264 e. The fourth-order valence-corrected chi connectivity index (χ4v) is 3.51. The first-order valence-corrected chi connectivity index (χ1v) is 7.49. The summed E-state index contributed by atoms with van der Waals surface area (Å²) in [7, 11) is 0. The SMILES string of the molecule is CC(C)c1ccsc1C(=O)N1CCCC(CO)C1. The molecule has 0 bridgehead atoms. The molecule has 18 heavy (non-hydrogen) atoms. The summed E-state index contributed by atoms with van der Waals surface area (Å²) in [5.41, 5.74) is 1.15. The van der Waals surface area contributed by atoms with Crippen molar-refractivity contribution in [3.05, 3.63) is 21.9 Å². The van der Waals surface area contributed by atoms with Crippen LogP contribution in [0.2, 0.25) is 0 Å². The normalized spacial score (nSPS) is 20.4. The number of thiophene rings is 1. The molecule has 0 aromatic carbocycles. The third-order valence-electron chi connectivity index (χ3n) is 3.58. The van der Waals surface area contributed by atoms with E-state index < -0.39 is 0 Å². The molecule has 1 fully saturated rings. The quantitative estimate of drug-likeness (QED) is 0.914. The van der Waals surface area contributed by atoms with Crippen molar-refractivity contribution < 1.29 is 9.90 Å². The van der Waals surface area contributed by atoms with E-state index in [-0.39, 0.29) is 18.4 Å². The van der Waals surface area contributed by atoms with Crippen LogP contribution in [0.15, 0.2) is 11.4 Å². The number of amides is 1. The zero-order valence-corrected chi connectivity index (χ0v) is 11.9. The van der Waals surface area contributed by atoms with E-state index in [1.165, 1.54) is 11.3 Å². The summed E-state index contributed by atoms with van der Waals surface area (Å²) in [6, 6.07) is 2.05. The molecule has 1 aliphatic heterocycles. The van der Waals surface area contributed by atoms with Crippen LogP contribution in [0.25, 0.3) is 0 Å². The van der Waals surface area contributed by atoms with Crippen LogP contribution < -0.4 is 0 Å². The number of rotatable bonds is 3. The van der Waals surface area contributed by atoms with Crippen LogP contribution in [-0.4, -0.2) is 35.6 Å². The molecule has 4 heteroatoms. The summed E-state index contributed by atoms with van der Waals surface area (Å²) in [6.45, 7) is 5.94. The Morgan fingerprint density at radius 2 is 2.39 bits per heavy atom. The molecule has 0 radical (unpaired) electrons. The number of carbonyl (C=O) groups excluding carboxylic acids is 1. The van der Waals surface area contributed by atoms with E-state index in [9.17, 15) is 9.90 Å².